The van der Waals surface area contributed by atoms with E-state index in [1.165, 1.54) is 0 Å². The first-order valence-corrected chi connectivity index (χ1v) is 6.49. The number of ketones is 1. The fraction of sp³-hybridized carbons (Fsp3) is 0.462. The van der Waals surface area contributed by atoms with Gasteiger partial charge in [0.1, 0.15) is 5.78 Å². The van der Waals surface area contributed by atoms with Gasteiger partial charge in [0, 0.05) is 22.9 Å². The number of hydrogen-bond acceptors (Lipinski definition) is 2. The molecule has 3 heteroatoms. The average Bonchev–Trinajstić information content (AvgIpc) is 2.68. The normalized spacial score (nSPS) is 24.6. The lowest BCUT2D eigenvalue weighted by molar-refractivity contribution is -0.122. The molecule has 2 nitrogen and oxygen atoms in total. The standard InChI is InChI=1S/C13H16BrNO/c14-10-6-4-9(5-7-10)8-13(16)11-2-1-3-12(11)15/h4-7,11-12H,1-3,8,15H2. The molecule has 86 valence electrons. The molecule has 2 atom stereocenters. The highest BCUT2D eigenvalue weighted by Gasteiger charge is 2.29. The number of halogens is 1. The van der Waals surface area contributed by atoms with Gasteiger partial charge in [-0.25, -0.2) is 0 Å². The lowest BCUT2D eigenvalue weighted by Gasteiger charge is -2.13. The first kappa shape index (κ1) is 11.8. The van der Waals surface area contributed by atoms with Gasteiger partial charge in [0.05, 0.1) is 0 Å². The number of nitrogens with two attached hydrogens (primary N) is 1. The van der Waals surface area contributed by atoms with Gasteiger partial charge in [-0.3, -0.25) is 4.79 Å². The van der Waals surface area contributed by atoms with Crippen LogP contribution in [0.4, 0.5) is 0 Å². The largest absolute Gasteiger partial charge is 0.327 e. The molecule has 0 radical (unpaired) electrons. The Kier molecular flexibility index (Phi) is 3.77. The van der Waals surface area contributed by atoms with Crippen LogP contribution in [0.15, 0.2) is 28.7 Å². The maximum Gasteiger partial charge on any atom is 0.141 e. The zero-order chi connectivity index (χ0) is 11.5. The second-order valence-corrected chi connectivity index (χ2v) is 5.39. The molecule has 1 aliphatic carbocycles. The van der Waals surface area contributed by atoms with E-state index < -0.39 is 0 Å². The molecule has 1 saturated carbocycles. The summed E-state index contributed by atoms with van der Waals surface area (Å²) in [6.07, 6.45) is 3.58. The Morgan fingerprint density at radius 2 is 2.00 bits per heavy atom. The van der Waals surface area contributed by atoms with Crippen LogP contribution in [0.1, 0.15) is 24.8 Å². The van der Waals surface area contributed by atoms with Crippen molar-refractivity contribution in [3.8, 4) is 0 Å². The summed E-state index contributed by atoms with van der Waals surface area (Å²) in [5, 5.41) is 0. The summed E-state index contributed by atoms with van der Waals surface area (Å²) in [4.78, 5) is 12.0. The Hall–Kier alpha value is -0.670. The van der Waals surface area contributed by atoms with Crippen molar-refractivity contribution < 1.29 is 4.79 Å². The number of benzene rings is 1. The van der Waals surface area contributed by atoms with Crippen LogP contribution in [0.2, 0.25) is 0 Å². The Labute approximate surface area is 104 Å². The van der Waals surface area contributed by atoms with E-state index in [2.05, 4.69) is 15.9 Å². The van der Waals surface area contributed by atoms with E-state index in [9.17, 15) is 4.79 Å². The van der Waals surface area contributed by atoms with Crippen LogP contribution in [0.3, 0.4) is 0 Å². The SMILES string of the molecule is NC1CCCC1C(=O)Cc1ccc(Br)cc1. The molecule has 1 aromatic carbocycles. The third-order valence-electron chi connectivity index (χ3n) is 3.27. The molecule has 1 aromatic rings. The first-order valence-electron chi connectivity index (χ1n) is 5.69. The topological polar surface area (TPSA) is 43.1 Å². The van der Waals surface area contributed by atoms with Crippen LogP contribution < -0.4 is 5.73 Å². The maximum absolute atomic E-state index is 12.0. The summed E-state index contributed by atoms with van der Waals surface area (Å²) in [7, 11) is 0. The van der Waals surface area contributed by atoms with E-state index in [0.717, 1.165) is 29.3 Å². The molecular formula is C13H16BrNO. The summed E-state index contributed by atoms with van der Waals surface area (Å²) in [6.45, 7) is 0. The fourth-order valence-electron chi connectivity index (χ4n) is 2.32. The van der Waals surface area contributed by atoms with E-state index in [1.54, 1.807) is 0 Å². The van der Waals surface area contributed by atoms with Crippen molar-refractivity contribution in [1.82, 2.24) is 0 Å². The Balaban J connectivity index is 1.99. The Morgan fingerprint density at radius 3 is 2.56 bits per heavy atom. The second kappa shape index (κ2) is 5.11. The van der Waals surface area contributed by atoms with Gasteiger partial charge in [0.25, 0.3) is 0 Å². The van der Waals surface area contributed by atoms with Crippen molar-refractivity contribution in [2.75, 3.05) is 0 Å². The third kappa shape index (κ3) is 2.71. The van der Waals surface area contributed by atoms with Crippen molar-refractivity contribution in [2.45, 2.75) is 31.7 Å². The van der Waals surface area contributed by atoms with Crippen LogP contribution in [0.5, 0.6) is 0 Å². The molecule has 0 aliphatic heterocycles. The summed E-state index contributed by atoms with van der Waals surface area (Å²) in [6, 6.07) is 8.00. The molecule has 0 amide bonds. The molecule has 0 saturated heterocycles. The molecule has 0 spiro atoms. The number of carbonyl (C=O) groups is 1. The van der Waals surface area contributed by atoms with Crippen LogP contribution in [-0.4, -0.2) is 11.8 Å². The van der Waals surface area contributed by atoms with Crippen LogP contribution >= 0.6 is 15.9 Å². The monoisotopic (exact) mass is 281 g/mol. The minimum absolute atomic E-state index is 0.0861. The van der Waals surface area contributed by atoms with Gasteiger partial charge < -0.3 is 5.73 Å². The first-order chi connectivity index (χ1) is 7.66. The van der Waals surface area contributed by atoms with Crippen LogP contribution in [0, 0.1) is 5.92 Å². The van der Waals surface area contributed by atoms with Crippen molar-refractivity contribution in [3.05, 3.63) is 34.3 Å². The van der Waals surface area contributed by atoms with E-state index in [-0.39, 0.29) is 12.0 Å². The van der Waals surface area contributed by atoms with Crippen molar-refractivity contribution in [2.24, 2.45) is 11.7 Å². The summed E-state index contributed by atoms with van der Waals surface area (Å²) in [5.41, 5.74) is 7.01. The van der Waals surface area contributed by atoms with Gasteiger partial charge >= 0.3 is 0 Å². The van der Waals surface area contributed by atoms with Gasteiger partial charge in [-0.2, -0.15) is 0 Å². The second-order valence-electron chi connectivity index (χ2n) is 4.47. The number of Topliss-reactive ketones (excluding diaryl/α,β-unsaturated/α-hetero) is 1. The van der Waals surface area contributed by atoms with Gasteiger partial charge in [0.15, 0.2) is 0 Å². The van der Waals surface area contributed by atoms with Crippen molar-refractivity contribution >= 4 is 21.7 Å². The smallest absolute Gasteiger partial charge is 0.141 e. The molecule has 1 aliphatic rings. The molecule has 2 rings (SSSR count). The summed E-state index contributed by atoms with van der Waals surface area (Å²) >= 11 is 3.38. The summed E-state index contributed by atoms with van der Waals surface area (Å²) < 4.78 is 1.04. The van der Waals surface area contributed by atoms with Gasteiger partial charge in [-0.15, -0.1) is 0 Å². The quantitative estimate of drug-likeness (QED) is 0.926. The zero-order valence-corrected chi connectivity index (χ0v) is 10.7. The zero-order valence-electron chi connectivity index (χ0n) is 9.16. The number of rotatable bonds is 3. The molecule has 2 N–H and O–H groups in total. The molecule has 0 bridgehead atoms. The molecule has 2 unspecified atom stereocenters. The number of carbonyl (C=O) groups excluding carboxylic acids is 1. The van der Waals surface area contributed by atoms with Gasteiger partial charge in [-0.05, 0) is 30.5 Å². The highest BCUT2D eigenvalue weighted by molar-refractivity contribution is 9.10. The Morgan fingerprint density at radius 1 is 1.31 bits per heavy atom. The van der Waals surface area contributed by atoms with E-state index in [0.29, 0.717) is 12.2 Å². The lowest BCUT2D eigenvalue weighted by atomic mass is 9.94. The number of hydrogen-bond donors (Lipinski definition) is 1. The van der Waals surface area contributed by atoms with Crippen LogP contribution in [-0.2, 0) is 11.2 Å². The fourth-order valence-corrected chi connectivity index (χ4v) is 2.59. The highest BCUT2D eigenvalue weighted by atomic mass is 79.9. The van der Waals surface area contributed by atoms with E-state index in [1.807, 2.05) is 24.3 Å². The lowest BCUT2D eigenvalue weighted by Crippen LogP contribution is -2.31. The molecule has 0 aromatic heterocycles. The van der Waals surface area contributed by atoms with Crippen molar-refractivity contribution in [3.63, 3.8) is 0 Å². The van der Waals surface area contributed by atoms with E-state index >= 15 is 0 Å². The van der Waals surface area contributed by atoms with Crippen LogP contribution in [0.25, 0.3) is 0 Å². The summed E-state index contributed by atoms with van der Waals surface area (Å²) in [5.74, 6) is 0.385. The average molecular weight is 282 g/mol. The van der Waals surface area contributed by atoms with Gasteiger partial charge in [0.2, 0.25) is 0 Å². The van der Waals surface area contributed by atoms with Crippen molar-refractivity contribution in [1.29, 1.82) is 0 Å². The predicted octanol–water partition coefficient (Wildman–Crippen LogP) is 2.69. The minimum Gasteiger partial charge on any atom is -0.327 e. The predicted molar refractivity (Wildman–Crippen MR) is 68.2 cm³/mol. The van der Waals surface area contributed by atoms with Gasteiger partial charge in [-0.1, -0.05) is 34.5 Å². The minimum atomic E-state index is 0.0861. The molecule has 16 heavy (non-hydrogen) atoms. The Bertz CT molecular complexity index is 374. The highest BCUT2D eigenvalue weighted by Crippen LogP contribution is 2.26. The molecule has 1 fully saturated rings. The maximum atomic E-state index is 12.0. The third-order valence-corrected chi connectivity index (χ3v) is 3.80. The van der Waals surface area contributed by atoms with E-state index in [4.69, 9.17) is 5.73 Å². The molecular weight excluding hydrogens is 266 g/mol. The molecule has 0 heterocycles.